The lowest BCUT2D eigenvalue weighted by atomic mass is 10.2. The van der Waals surface area contributed by atoms with E-state index < -0.39 is 18.8 Å². The second-order valence-electron chi connectivity index (χ2n) is 6.97. The van der Waals surface area contributed by atoms with Gasteiger partial charge in [0.1, 0.15) is 0 Å². The minimum absolute atomic E-state index is 0.424. The Hall–Kier alpha value is -0.830. The van der Waals surface area contributed by atoms with Crippen LogP contribution in [0, 0.1) is 6.92 Å². The average Bonchev–Trinajstić information content (AvgIpc) is 2.15. The van der Waals surface area contributed by atoms with Gasteiger partial charge in [-0.1, -0.05) is 11.6 Å². The summed E-state index contributed by atoms with van der Waals surface area (Å²) in [6, 6.07) is 5.38. The lowest BCUT2D eigenvalue weighted by molar-refractivity contribution is 0.0549. The molecule has 0 aromatic heterocycles. The SMILES string of the molecule is Cc1ccc(N)c(P(=O)(OC(C)(C)C)OC(C)(C)C)c1. The van der Waals surface area contributed by atoms with E-state index in [1.54, 1.807) is 12.1 Å². The van der Waals surface area contributed by atoms with Gasteiger partial charge in [-0.15, -0.1) is 0 Å². The minimum Gasteiger partial charge on any atom is -0.398 e. The van der Waals surface area contributed by atoms with Gasteiger partial charge in [0.25, 0.3) is 0 Å². The molecule has 0 amide bonds. The van der Waals surface area contributed by atoms with Crippen LogP contribution in [-0.4, -0.2) is 11.2 Å². The molecule has 20 heavy (non-hydrogen) atoms. The third-order valence-corrected chi connectivity index (χ3v) is 4.82. The van der Waals surface area contributed by atoms with Gasteiger partial charge in [0, 0.05) is 5.69 Å². The highest BCUT2D eigenvalue weighted by Crippen LogP contribution is 2.54. The summed E-state index contributed by atoms with van der Waals surface area (Å²) in [7, 11) is -3.50. The summed E-state index contributed by atoms with van der Waals surface area (Å²) >= 11 is 0. The van der Waals surface area contributed by atoms with Gasteiger partial charge in [0.05, 0.1) is 16.5 Å². The van der Waals surface area contributed by atoms with Gasteiger partial charge in [-0.25, -0.2) is 0 Å². The molecule has 4 nitrogen and oxygen atoms in total. The summed E-state index contributed by atoms with van der Waals surface area (Å²) in [5.74, 6) is 0. The Morgan fingerprint density at radius 2 is 1.45 bits per heavy atom. The van der Waals surface area contributed by atoms with E-state index >= 15 is 0 Å². The fourth-order valence-electron chi connectivity index (χ4n) is 1.73. The highest BCUT2D eigenvalue weighted by atomic mass is 31.2. The quantitative estimate of drug-likeness (QED) is 0.676. The standard InChI is InChI=1S/C15H26NO3P/c1-11-8-9-12(16)13(10-11)20(17,18-14(2,3)4)19-15(5,6)7/h8-10H,16H2,1-7H3. The van der Waals surface area contributed by atoms with Gasteiger partial charge >= 0.3 is 7.60 Å². The first-order valence-corrected chi connectivity index (χ1v) is 8.25. The molecule has 114 valence electrons. The predicted octanol–water partition coefficient (Wildman–Crippen LogP) is 4.03. The van der Waals surface area contributed by atoms with Crippen LogP contribution in [0.4, 0.5) is 5.69 Å². The smallest absolute Gasteiger partial charge is 0.364 e. The van der Waals surface area contributed by atoms with E-state index in [4.69, 9.17) is 14.8 Å². The summed E-state index contributed by atoms with van der Waals surface area (Å²) in [5.41, 5.74) is 6.17. The van der Waals surface area contributed by atoms with Crippen molar-refractivity contribution < 1.29 is 13.6 Å². The molecule has 2 N–H and O–H groups in total. The molecular weight excluding hydrogens is 273 g/mol. The van der Waals surface area contributed by atoms with Gasteiger partial charge in [-0.05, 0) is 60.6 Å². The van der Waals surface area contributed by atoms with Crippen molar-refractivity contribution >= 4 is 18.6 Å². The molecule has 0 aliphatic rings. The van der Waals surface area contributed by atoms with Crippen molar-refractivity contribution in [1.29, 1.82) is 0 Å². The van der Waals surface area contributed by atoms with Crippen LogP contribution in [0.2, 0.25) is 0 Å². The van der Waals surface area contributed by atoms with Gasteiger partial charge in [0.15, 0.2) is 0 Å². The molecule has 1 rings (SSSR count). The molecular formula is C15H26NO3P. The molecule has 1 aromatic rings. The monoisotopic (exact) mass is 299 g/mol. The molecule has 0 spiro atoms. The number of aryl methyl sites for hydroxylation is 1. The molecule has 0 heterocycles. The second-order valence-corrected chi connectivity index (χ2v) is 8.81. The van der Waals surface area contributed by atoms with E-state index in [1.165, 1.54) is 0 Å². The molecule has 0 bridgehead atoms. The maximum absolute atomic E-state index is 13.3. The minimum atomic E-state index is -3.50. The number of benzene rings is 1. The van der Waals surface area contributed by atoms with Gasteiger partial charge in [-0.3, -0.25) is 13.6 Å². The Morgan fingerprint density at radius 3 is 1.85 bits per heavy atom. The maximum atomic E-state index is 13.3. The van der Waals surface area contributed by atoms with E-state index in [0.29, 0.717) is 11.0 Å². The van der Waals surface area contributed by atoms with Crippen LogP contribution in [0.1, 0.15) is 47.1 Å². The fourth-order valence-corrected chi connectivity index (χ4v) is 4.16. The number of nitrogens with two attached hydrogens (primary N) is 1. The lowest BCUT2D eigenvalue weighted by Gasteiger charge is -2.32. The lowest BCUT2D eigenvalue weighted by Crippen LogP contribution is -2.29. The van der Waals surface area contributed by atoms with Crippen LogP contribution in [0.5, 0.6) is 0 Å². The zero-order valence-electron chi connectivity index (χ0n) is 13.5. The molecule has 0 fully saturated rings. The molecule has 0 saturated carbocycles. The predicted molar refractivity (Wildman–Crippen MR) is 84.5 cm³/mol. The van der Waals surface area contributed by atoms with Crippen molar-refractivity contribution in [2.45, 2.75) is 59.7 Å². The van der Waals surface area contributed by atoms with Gasteiger partial charge in [-0.2, -0.15) is 0 Å². The van der Waals surface area contributed by atoms with Crippen LogP contribution in [0.3, 0.4) is 0 Å². The summed E-state index contributed by atoms with van der Waals surface area (Å²) in [4.78, 5) is 0. The van der Waals surface area contributed by atoms with Crippen molar-refractivity contribution in [1.82, 2.24) is 0 Å². The van der Waals surface area contributed by atoms with E-state index in [1.807, 2.05) is 54.5 Å². The van der Waals surface area contributed by atoms with Gasteiger partial charge in [0.2, 0.25) is 0 Å². The molecule has 0 saturated heterocycles. The van der Waals surface area contributed by atoms with Crippen molar-refractivity contribution in [2.24, 2.45) is 0 Å². The largest absolute Gasteiger partial charge is 0.398 e. The number of anilines is 1. The van der Waals surface area contributed by atoms with Crippen molar-refractivity contribution in [3.05, 3.63) is 23.8 Å². The Balaban J connectivity index is 3.37. The zero-order chi connectivity index (χ0) is 15.8. The first-order valence-electron chi connectivity index (χ1n) is 6.71. The maximum Gasteiger partial charge on any atom is 0.364 e. The number of hydrogen-bond donors (Lipinski definition) is 1. The normalized spacial score (nSPS) is 13.6. The van der Waals surface area contributed by atoms with Crippen LogP contribution in [-0.2, 0) is 13.6 Å². The highest BCUT2D eigenvalue weighted by molar-refractivity contribution is 7.62. The first-order chi connectivity index (χ1) is 8.82. The topological polar surface area (TPSA) is 61.6 Å². The molecule has 0 unspecified atom stereocenters. The summed E-state index contributed by atoms with van der Waals surface area (Å²) in [6.45, 7) is 13.0. The van der Waals surface area contributed by atoms with Gasteiger partial charge < -0.3 is 5.73 Å². The van der Waals surface area contributed by atoms with E-state index in [0.717, 1.165) is 5.56 Å². The Labute approximate surface area is 122 Å². The summed E-state index contributed by atoms with van der Waals surface area (Å²) < 4.78 is 24.8. The van der Waals surface area contributed by atoms with Crippen LogP contribution in [0.15, 0.2) is 18.2 Å². The molecule has 1 aromatic carbocycles. The average molecular weight is 299 g/mol. The number of nitrogen functional groups attached to an aromatic ring is 1. The number of rotatable bonds is 3. The molecule has 0 aliphatic carbocycles. The summed E-state index contributed by atoms with van der Waals surface area (Å²) in [6.07, 6.45) is 0. The molecule has 0 aliphatic heterocycles. The Bertz CT molecular complexity index is 507. The third kappa shape index (κ3) is 4.93. The van der Waals surface area contributed by atoms with Crippen LogP contribution < -0.4 is 11.0 Å². The van der Waals surface area contributed by atoms with Crippen molar-refractivity contribution in [3.8, 4) is 0 Å². The Morgan fingerprint density at radius 1 is 1.00 bits per heavy atom. The molecule has 0 radical (unpaired) electrons. The van der Waals surface area contributed by atoms with E-state index in [2.05, 4.69) is 0 Å². The molecule has 5 heteroatoms. The fraction of sp³-hybridized carbons (Fsp3) is 0.600. The number of hydrogen-bond acceptors (Lipinski definition) is 4. The van der Waals surface area contributed by atoms with E-state index in [-0.39, 0.29) is 0 Å². The van der Waals surface area contributed by atoms with E-state index in [9.17, 15) is 4.57 Å². The highest BCUT2D eigenvalue weighted by Gasteiger charge is 2.38. The second kappa shape index (κ2) is 5.51. The summed E-state index contributed by atoms with van der Waals surface area (Å²) in [5, 5.41) is 0.433. The third-order valence-electron chi connectivity index (χ3n) is 2.27. The van der Waals surface area contributed by atoms with Crippen LogP contribution in [0.25, 0.3) is 0 Å². The zero-order valence-corrected chi connectivity index (χ0v) is 14.4. The van der Waals surface area contributed by atoms with Crippen LogP contribution >= 0.6 is 7.60 Å². The Kier molecular flexibility index (Phi) is 4.75. The first kappa shape index (κ1) is 17.2. The van der Waals surface area contributed by atoms with Crippen molar-refractivity contribution in [2.75, 3.05) is 5.73 Å². The molecule has 0 atom stereocenters. The van der Waals surface area contributed by atoms with Crippen molar-refractivity contribution in [3.63, 3.8) is 0 Å².